The van der Waals surface area contributed by atoms with Crippen LogP contribution in [-0.2, 0) is 0 Å². The number of hydrogen-bond acceptors (Lipinski definition) is 2. The average Bonchev–Trinajstić information content (AvgIpc) is 1.88. The molecule has 0 aromatic carbocycles. The number of halogens is 1. The highest BCUT2D eigenvalue weighted by atomic mass is 35.5. The smallest absolute Gasteiger partial charge is 0.154 e. The maximum absolute atomic E-state index is 8.79. The lowest BCUT2D eigenvalue weighted by molar-refractivity contribution is -0.0921. The molecule has 0 saturated heterocycles. The number of aliphatic hydroxyl groups is 2. The molecule has 1 aliphatic carbocycles. The molecule has 1 aliphatic rings. The third-order valence-electron chi connectivity index (χ3n) is 2.07. The Balaban J connectivity index is 2.32. The predicted molar refractivity (Wildman–Crippen MR) is 39.8 cm³/mol. The van der Waals surface area contributed by atoms with Crippen molar-refractivity contribution in [1.82, 2.24) is 0 Å². The summed E-state index contributed by atoms with van der Waals surface area (Å²) in [5.74, 6) is 0.0104. The van der Waals surface area contributed by atoms with Gasteiger partial charge in [0.1, 0.15) is 0 Å². The summed E-state index contributed by atoms with van der Waals surface area (Å²) in [6, 6.07) is 0. The van der Waals surface area contributed by atoms with E-state index >= 15 is 0 Å². The molecule has 0 aromatic heterocycles. The molecule has 2 nitrogen and oxygen atoms in total. The van der Waals surface area contributed by atoms with Gasteiger partial charge in [0, 0.05) is 11.3 Å². The molecule has 1 rings (SSSR count). The Kier molecular flexibility index (Phi) is 2.96. The Labute approximate surface area is 65.8 Å². The van der Waals surface area contributed by atoms with Crippen LogP contribution in [0, 0.1) is 5.92 Å². The third kappa shape index (κ3) is 2.11. The molecular formula is C7H13ClO2. The minimum Gasteiger partial charge on any atom is -0.368 e. The lowest BCUT2D eigenvalue weighted by Gasteiger charge is -2.26. The minimum atomic E-state index is -1.17. The van der Waals surface area contributed by atoms with Crippen LogP contribution in [0.2, 0.25) is 0 Å². The molecule has 1 saturated carbocycles. The summed E-state index contributed by atoms with van der Waals surface area (Å²) >= 11 is 5.83. The van der Waals surface area contributed by atoms with Crippen LogP contribution in [0.15, 0.2) is 0 Å². The first-order valence-electron chi connectivity index (χ1n) is 3.70. The molecule has 0 aliphatic heterocycles. The number of alkyl halides is 1. The zero-order chi connectivity index (χ0) is 7.56. The first-order chi connectivity index (χ1) is 4.70. The summed E-state index contributed by atoms with van der Waals surface area (Å²) in [5, 5.41) is 17.7. The molecule has 0 bridgehead atoms. The second-order valence-electron chi connectivity index (χ2n) is 2.94. The Morgan fingerprint density at radius 1 is 1.30 bits per heavy atom. The van der Waals surface area contributed by atoms with Crippen LogP contribution >= 0.6 is 11.6 Å². The molecule has 0 spiro atoms. The van der Waals surface area contributed by atoms with E-state index in [1.807, 2.05) is 0 Å². The van der Waals surface area contributed by atoms with E-state index in [4.69, 9.17) is 21.8 Å². The molecule has 0 amide bonds. The van der Waals surface area contributed by atoms with E-state index in [1.165, 1.54) is 0 Å². The fourth-order valence-corrected chi connectivity index (χ4v) is 1.82. The predicted octanol–water partition coefficient (Wildman–Crippen LogP) is 1.09. The van der Waals surface area contributed by atoms with Gasteiger partial charge in [-0.25, -0.2) is 0 Å². The van der Waals surface area contributed by atoms with E-state index in [2.05, 4.69) is 0 Å². The molecule has 3 heteroatoms. The molecule has 10 heavy (non-hydrogen) atoms. The van der Waals surface area contributed by atoms with Crippen molar-refractivity contribution in [3.63, 3.8) is 0 Å². The van der Waals surface area contributed by atoms with E-state index in [0.29, 0.717) is 0 Å². The summed E-state index contributed by atoms with van der Waals surface area (Å²) in [5.41, 5.74) is 0. The van der Waals surface area contributed by atoms with Gasteiger partial charge in [0.05, 0.1) is 0 Å². The van der Waals surface area contributed by atoms with Gasteiger partial charge in [0.15, 0.2) is 6.29 Å². The second-order valence-corrected chi connectivity index (χ2v) is 3.55. The van der Waals surface area contributed by atoms with E-state index in [1.54, 1.807) is 0 Å². The molecule has 0 radical (unpaired) electrons. The Morgan fingerprint density at radius 3 is 2.40 bits per heavy atom. The fraction of sp³-hybridized carbons (Fsp3) is 1.00. The topological polar surface area (TPSA) is 40.5 Å². The highest BCUT2D eigenvalue weighted by molar-refractivity contribution is 6.20. The van der Waals surface area contributed by atoms with Gasteiger partial charge in [-0.2, -0.15) is 0 Å². The zero-order valence-corrected chi connectivity index (χ0v) is 6.59. The molecule has 60 valence electrons. The van der Waals surface area contributed by atoms with E-state index in [0.717, 1.165) is 25.7 Å². The number of rotatable bonds is 1. The molecular weight excluding hydrogens is 152 g/mol. The largest absolute Gasteiger partial charge is 0.368 e. The van der Waals surface area contributed by atoms with Crippen molar-refractivity contribution >= 4 is 11.6 Å². The molecule has 1 fully saturated rings. The lowest BCUT2D eigenvalue weighted by atomic mass is 9.88. The van der Waals surface area contributed by atoms with Crippen LogP contribution in [0.1, 0.15) is 25.7 Å². The summed E-state index contributed by atoms with van der Waals surface area (Å²) < 4.78 is 0. The van der Waals surface area contributed by atoms with Gasteiger partial charge < -0.3 is 10.2 Å². The number of hydrogen-bond donors (Lipinski definition) is 2. The molecule has 0 heterocycles. The maximum atomic E-state index is 8.79. The normalized spacial score (nSPS) is 34.8. The van der Waals surface area contributed by atoms with E-state index in [9.17, 15) is 0 Å². The van der Waals surface area contributed by atoms with Crippen LogP contribution in [0.25, 0.3) is 0 Å². The number of aliphatic hydroxyl groups excluding tert-OH is 1. The summed E-state index contributed by atoms with van der Waals surface area (Å²) in [6.45, 7) is 0. The standard InChI is InChI=1S/C7H13ClO2/c8-6-3-1-2-5(4-6)7(9)10/h5-7,9-10H,1-4H2. The van der Waals surface area contributed by atoms with Gasteiger partial charge in [0.25, 0.3) is 0 Å². The lowest BCUT2D eigenvalue weighted by Crippen LogP contribution is -2.26. The Hall–Kier alpha value is 0.210. The van der Waals surface area contributed by atoms with Gasteiger partial charge in [-0.1, -0.05) is 6.42 Å². The summed E-state index contributed by atoms with van der Waals surface area (Å²) in [4.78, 5) is 0. The van der Waals surface area contributed by atoms with E-state index in [-0.39, 0.29) is 11.3 Å². The van der Waals surface area contributed by atoms with Crippen LogP contribution in [0.4, 0.5) is 0 Å². The Morgan fingerprint density at radius 2 is 2.00 bits per heavy atom. The van der Waals surface area contributed by atoms with Gasteiger partial charge in [-0.3, -0.25) is 0 Å². The molecule has 0 aromatic rings. The maximum Gasteiger partial charge on any atom is 0.154 e. The van der Waals surface area contributed by atoms with Crippen LogP contribution in [-0.4, -0.2) is 21.9 Å². The Bertz CT molecular complexity index is 106. The monoisotopic (exact) mass is 164 g/mol. The summed E-state index contributed by atoms with van der Waals surface area (Å²) in [6.07, 6.45) is 2.53. The highest BCUT2D eigenvalue weighted by Crippen LogP contribution is 2.29. The van der Waals surface area contributed by atoms with Gasteiger partial charge in [0.2, 0.25) is 0 Å². The van der Waals surface area contributed by atoms with Crippen LogP contribution in [0.3, 0.4) is 0 Å². The second kappa shape index (κ2) is 3.56. The van der Waals surface area contributed by atoms with Crippen molar-refractivity contribution < 1.29 is 10.2 Å². The summed E-state index contributed by atoms with van der Waals surface area (Å²) in [7, 11) is 0. The van der Waals surface area contributed by atoms with Gasteiger partial charge >= 0.3 is 0 Å². The van der Waals surface area contributed by atoms with Crippen molar-refractivity contribution in [2.45, 2.75) is 37.4 Å². The van der Waals surface area contributed by atoms with Crippen LogP contribution < -0.4 is 0 Å². The van der Waals surface area contributed by atoms with Crippen LogP contribution in [0.5, 0.6) is 0 Å². The highest BCUT2D eigenvalue weighted by Gasteiger charge is 2.24. The SMILES string of the molecule is OC(O)C1CCCC(Cl)C1. The molecule has 2 atom stereocenters. The average molecular weight is 165 g/mol. The van der Waals surface area contributed by atoms with Crippen molar-refractivity contribution in [2.75, 3.05) is 0 Å². The van der Waals surface area contributed by atoms with Crippen molar-refractivity contribution in [1.29, 1.82) is 0 Å². The van der Waals surface area contributed by atoms with Crippen molar-refractivity contribution in [2.24, 2.45) is 5.92 Å². The fourth-order valence-electron chi connectivity index (χ4n) is 1.44. The van der Waals surface area contributed by atoms with Gasteiger partial charge in [-0.05, 0) is 19.3 Å². The first kappa shape index (κ1) is 8.31. The first-order valence-corrected chi connectivity index (χ1v) is 4.14. The van der Waals surface area contributed by atoms with E-state index < -0.39 is 6.29 Å². The molecule has 2 unspecified atom stereocenters. The van der Waals surface area contributed by atoms with Crippen molar-refractivity contribution in [3.8, 4) is 0 Å². The van der Waals surface area contributed by atoms with Crippen molar-refractivity contribution in [3.05, 3.63) is 0 Å². The van der Waals surface area contributed by atoms with Gasteiger partial charge in [-0.15, -0.1) is 11.6 Å². The minimum absolute atomic E-state index is 0.0104. The third-order valence-corrected chi connectivity index (χ3v) is 2.47. The quantitative estimate of drug-likeness (QED) is 0.450. The molecule has 2 N–H and O–H groups in total. The zero-order valence-electron chi connectivity index (χ0n) is 5.83.